The quantitative estimate of drug-likeness (QED) is 0.736. The van der Waals surface area contributed by atoms with Crippen LogP contribution < -0.4 is 16.1 Å². The lowest BCUT2D eigenvalue weighted by Crippen LogP contribution is -2.46. The molecule has 0 bridgehead atoms. The minimum absolute atomic E-state index is 0.299. The number of anilines is 1. The smallest absolute Gasteiger partial charge is 0.329 e. The van der Waals surface area contributed by atoms with Crippen LogP contribution in [0.4, 0.5) is 5.82 Å². The third-order valence-electron chi connectivity index (χ3n) is 3.81. The molecular formula is C12H17N3O4. The van der Waals surface area contributed by atoms with Crippen molar-refractivity contribution in [3.63, 3.8) is 0 Å². The molecule has 0 saturated carbocycles. The van der Waals surface area contributed by atoms with Crippen LogP contribution in [0.15, 0.2) is 15.7 Å². The third-order valence-corrected chi connectivity index (χ3v) is 3.81. The Morgan fingerprint density at radius 1 is 1.21 bits per heavy atom. The van der Waals surface area contributed by atoms with E-state index in [1.807, 2.05) is 4.90 Å². The van der Waals surface area contributed by atoms with E-state index in [4.69, 9.17) is 9.47 Å². The molecule has 104 valence electrons. The Morgan fingerprint density at radius 2 is 1.84 bits per heavy atom. The molecule has 2 fully saturated rings. The zero-order valence-electron chi connectivity index (χ0n) is 10.8. The summed E-state index contributed by atoms with van der Waals surface area (Å²) >= 11 is 0. The van der Waals surface area contributed by atoms with Gasteiger partial charge in [-0.25, -0.2) is 4.79 Å². The van der Waals surface area contributed by atoms with E-state index in [2.05, 4.69) is 4.98 Å². The first-order chi connectivity index (χ1) is 9.10. The molecule has 1 spiro atoms. The Labute approximate surface area is 109 Å². The number of piperidine rings is 1. The Bertz CT molecular complexity index is 544. The predicted molar refractivity (Wildman–Crippen MR) is 68.4 cm³/mol. The van der Waals surface area contributed by atoms with E-state index >= 15 is 0 Å². The summed E-state index contributed by atoms with van der Waals surface area (Å²) < 4.78 is 12.3. The molecule has 1 N–H and O–H groups in total. The summed E-state index contributed by atoms with van der Waals surface area (Å²) in [6.07, 6.45) is 1.48. The van der Waals surface area contributed by atoms with Crippen molar-refractivity contribution in [1.29, 1.82) is 0 Å². The van der Waals surface area contributed by atoms with E-state index in [0.717, 1.165) is 17.4 Å². The summed E-state index contributed by atoms with van der Waals surface area (Å²) in [6, 6.07) is 1.45. The highest BCUT2D eigenvalue weighted by atomic mass is 16.7. The van der Waals surface area contributed by atoms with Gasteiger partial charge in [0.1, 0.15) is 5.82 Å². The van der Waals surface area contributed by atoms with E-state index < -0.39 is 11.5 Å². The average Bonchev–Trinajstić information content (AvgIpc) is 2.85. The minimum Gasteiger partial charge on any atom is -0.357 e. The van der Waals surface area contributed by atoms with Gasteiger partial charge < -0.3 is 14.4 Å². The predicted octanol–water partition coefficient (Wildman–Crippen LogP) is -0.583. The zero-order chi connectivity index (χ0) is 13.5. The van der Waals surface area contributed by atoms with Gasteiger partial charge in [0.2, 0.25) is 0 Å². The van der Waals surface area contributed by atoms with Crippen LogP contribution in [0.1, 0.15) is 12.8 Å². The summed E-state index contributed by atoms with van der Waals surface area (Å²) in [5.41, 5.74) is -0.691. The first-order valence-corrected chi connectivity index (χ1v) is 6.43. The van der Waals surface area contributed by atoms with Crippen molar-refractivity contribution in [2.24, 2.45) is 7.05 Å². The molecule has 7 heteroatoms. The molecule has 0 aromatic carbocycles. The molecule has 3 heterocycles. The lowest BCUT2D eigenvalue weighted by Gasteiger charge is -2.38. The largest absolute Gasteiger partial charge is 0.357 e. The Balaban J connectivity index is 1.78. The summed E-state index contributed by atoms with van der Waals surface area (Å²) in [5, 5.41) is 0. The van der Waals surface area contributed by atoms with E-state index in [-0.39, 0.29) is 5.56 Å². The van der Waals surface area contributed by atoms with E-state index in [9.17, 15) is 9.59 Å². The topological polar surface area (TPSA) is 76.6 Å². The van der Waals surface area contributed by atoms with E-state index in [0.29, 0.717) is 32.1 Å². The molecule has 1 aromatic rings. The van der Waals surface area contributed by atoms with Crippen LogP contribution in [-0.4, -0.2) is 41.6 Å². The number of nitrogens with zero attached hydrogens (tertiary/aromatic N) is 2. The monoisotopic (exact) mass is 267 g/mol. The molecule has 0 atom stereocenters. The number of aromatic amines is 1. The van der Waals surface area contributed by atoms with Crippen molar-refractivity contribution in [3.8, 4) is 0 Å². The Morgan fingerprint density at radius 3 is 2.42 bits per heavy atom. The van der Waals surface area contributed by atoms with Gasteiger partial charge in [-0.2, -0.15) is 0 Å². The second-order valence-corrected chi connectivity index (χ2v) is 4.95. The van der Waals surface area contributed by atoms with Crippen LogP contribution in [0, 0.1) is 0 Å². The molecule has 0 aliphatic carbocycles. The Kier molecular flexibility index (Phi) is 2.94. The SMILES string of the molecule is Cn1c(=O)cc(N2CCC3(CC2)OCCO3)[nH]c1=O. The molecule has 3 rings (SSSR count). The first-order valence-electron chi connectivity index (χ1n) is 6.43. The lowest BCUT2D eigenvalue weighted by atomic mass is 10.0. The van der Waals surface area contributed by atoms with Crippen molar-refractivity contribution in [2.45, 2.75) is 18.6 Å². The van der Waals surface area contributed by atoms with Crippen LogP contribution in [0.25, 0.3) is 0 Å². The maximum Gasteiger partial charge on any atom is 0.329 e. The highest BCUT2D eigenvalue weighted by molar-refractivity contribution is 5.37. The Hall–Kier alpha value is -1.60. The van der Waals surface area contributed by atoms with Gasteiger partial charge in [-0.05, 0) is 0 Å². The van der Waals surface area contributed by atoms with E-state index in [1.165, 1.54) is 13.1 Å². The summed E-state index contributed by atoms with van der Waals surface area (Å²) in [4.78, 5) is 27.9. The highest BCUT2D eigenvalue weighted by Gasteiger charge is 2.40. The molecule has 7 nitrogen and oxygen atoms in total. The molecule has 0 unspecified atom stereocenters. The molecule has 2 saturated heterocycles. The number of rotatable bonds is 1. The maximum atomic E-state index is 11.6. The van der Waals surface area contributed by atoms with E-state index in [1.54, 1.807) is 0 Å². The third kappa shape index (κ3) is 2.19. The van der Waals surface area contributed by atoms with Crippen LogP contribution in [0.5, 0.6) is 0 Å². The van der Waals surface area contributed by atoms with Gasteiger partial charge in [-0.1, -0.05) is 0 Å². The fourth-order valence-electron chi connectivity index (χ4n) is 2.59. The number of hydrogen-bond donors (Lipinski definition) is 1. The van der Waals surface area contributed by atoms with Gasteiger partial charge in [-0.15, -0.1) is 0 Å². The van der Waals surface area contributed by atoms with Crippen LogP contribution in [-0.2, 0) is 16.5 Å². The van der Waals surface area contributed by atoms with Crippen molar-refractivity contribution >= 4 is 5.82 Å². The number of H-pyrrole nitrogens is 1. The van der Waals surface area contributed by atoms with Gasteiger partial charge in [0.15, 0.2) is 5.79 Å². The number of nitrogens with one attached hydrogen (secondary N) is 1. The molecule has 2 aliphatic rings. The summed E-state index contributed by atoms with van der Waals surface area (Å²) in [7, 11) is 1.45. The molecule has 19 heavy (non-hydrogen) atoms. The van der Waals surface area contributed by atoms with Crippen molar-refractivity contribution in [2.75, 3.05) is 31.2 Å². The average molecular weight is 267 g/mol. The number of ether oxygens (including phenoxy) is 2. The van der Waals surface area contributed by atoms with Crippen LogP contribution in [0.2, 0.25) is 0 Å². The van der Waals surface area contributed by atoms with Gasteiger partial charge in [-0.3, -0.25) is 14.3 Å². The second kappa shape index (κ2) is 4.50. The van der Waals surface area contributed by atoms with Crippen molar-refractivity contribution in [1.82, 2.24) is 9.55 Å². The van der Waals surface area contributed by atoms with Crippen LogP contribution >= 0.6 is 0 Å². The van der Waals surface area contributed by atoms with Crippen molar-refractivity contribution in [3.05, 3.63) is 26.9 Å². The molecular weight excluding hydrogens is 250 g/mol. The molecule has 1 aromatic heterocycles. The molecule has 2 aliphatic heterocycles. The molecule has 0 amide bonds. The standard InChI is InChI=1S/C12H17N3O4/c1-14-10(16)8-9(13-11(14)17)15-4-2-12(3-5-15)18-6-7-19-12/h8H,2-7H2,1H3,(H,13,17). The fraction of sp³-hybridized carbons (Fsp3) is 0.667. The highest BCUT2D eigenvalue weighted by Crippen LogP contribution is 2.32. The lowest BCUT2D eigenvalue weighted by molar-refractivity contribution is -0.169. The minimum atomic E-state index is -0.448. The van der Waals surface area contributed by atoms with Crippen LogP contribution in [0.3, 0.4) is 0 Å². The van der Waals surface area contributed by atoms with Gasteiger partial charge >= 0.3 is 5.69 Å². The summed E-state index contributed by atoms with van der Waals surface area (Å²) in [6.45, 7) is 2.68. The van der Waals surface area contributed by atoms with Gasteiger partial charge in [0.05, 0.1) is 13.2 Å². The second-order valence-electron chi connectivity index (χ2n) is 4.95. The number of aromatic nitrogens is 2. The number of hydrogen-bond acceptors (Lipinski definition) is 5. The fourth-order valence-corrected chi connectivity index (χ4v) is 2.59. The normalized spacial score (nSPS) is 22.1. The zero-order valence-corrected chi connectivity index (χ0v) is 10.8. The molecule has 0 radical (unpaired) electrons. The van der Waals surface area contributed by atoms with Crippen molar-refractivity contribution < 1.29 is 9.47 Å². The van der Waals surface area contributed by atoms with Gasteiger partial charge in [0.25, 0.3) is 5.56 Å². The van der Waals surface area contributed by atoms with Gasteiger partial charge in [0, 0.05) is 39.0 Å². The summed E-state index contributed by atoms with van der Waals surface area (Å²) in [5.74, 6) is 0.122. The first kappa shape index (κ1) is 12.4. The maximum absolute atomic E-state index is 11.6.